The summed E-state index contributed by atoms with van der Waals surface area (Å²) in [6.45, 7) is 24.7. The van der Waals surface area contributed by atoms with Gasteiger partial charge in [0.2, 0.25) is 17.1 Å². The van der Waals surface area contributed by atoms with E-state index in [0.29, 0.717) is 0 Å². The standard InChI is InChI=1S/2C28H27N2.C27H24FN2/c2*1-18-14-23-21-12-9-13-29-27(21)28(3,4)25(23)16-22(18)26-15-19(2)24(17-30(26)5)20-10-7-6-8-11-20;1-17-14-23-21-6-5-13-29-26(21)27(2,3)24(23)15-22(17)25-12-9-19(16-30(25)4)18-7-10-20(28)11-8-18/h2*6-17H,1-5H3;5-16H,1-4H3/q3*+1. The molecule has 90 heavy (non-hydrogen) atoms. The number of aryl methyl sites for hydroxylation is 8. The van der Waals surface area contributed by atoms with Gasteiger partial charge in [0.05, 0.1) is 17.1 Å². The van der Waals surface area contributed by atoms with Crippen LogP contribution in [0.5, 0.6) is 0 Å². The number of benzene rings is 6. The molecule has 0 N–H and O–H groups in total. The van der Waals surface area contributed by atoms with Crippen molar-refractivity contribution < 1.29 is 18.1 Å². The summed E-state index contributed by atoms with van der Waals surface area (Å²) in [5.41, 5.74) is 35.9. The highest BCUT2D eigenvalue weighted by Crippen LogP contribution is 2.52. The van der Waals surface area contributed by atoms with Gasteiger partial charge in [0.15, 0.2) is 18.6 Å². The van der Waals surface area contributed by atoms with Crippen molar-refractivity contribution in [2.24, 2.45) is 21.1 Å². The van der Waals surface area contributed by atoms with Gasteiger partial charge in [-0.05, 0) is 167 Å². The zero-order chi connectivity index (χ0) is 63.1. The number of fused-ring (bicyclic) bond motifs is 9. The van der Waals surface area contributed by atoms with Crippen LogP contribution in [0.1, 0.15) is 103 Å². The summed E-state index contributed by atoms with van der Waals surface area (Å²) in [6.07, 6.45) is 12.3. The number of rotatable bonds is 6. The monoisotopic (exact) mass is 1180 g/mol. The van der Waals surface area contributed by atoms with Crippen LogP contribution in [-0.2, 0) is 37.4 Å². The molecule has 0 radical (unpaired) electrons. The maximum Gasteiger partial charge on any atom is 0.212 e. The Bertz CT molecular complexity index is 4620. The van der Waals surface area contributed by atoms with E-state index in [1.165, 1.54) is 152 Å². The average molecular weight is 1180 g/mol. The molecule has 7 heteroatoms. The maximum absolute atomic E-state index is 13.3. The molecule has 0 unspecified atom stereocenters. The third-order valence-electron chi connectivity index (χ3n) is 19.5. The minimum Gasteiger partial charge on any atom is -0.260 e. The number of halogens is 1. The van der Waals surface area contributed by atoms with Gasteiger partial charge in [-0.2, -0.15) is 0 Å². The van der Waals surface area contributed by atoms with Crippen molar-refractivity contribution in [3.8, 4) is 101 Å². The van der Waals surface area contributed by atoms with E-state index in [1.54, 1.807) is 0 Å². The zero-order valence-corrected chi connectivity index (χ0v) is 54.3. The zero-order valence-electron chi connectivity index (χ0n) is 54.3. The van der Waals surface area contributed by atoms with Gasteiger partial charge < -0.3 is 0 Å². The molecule has 6 heterocycles. The van der Waals surface area contributed by atoms with Gasteiger partial charge >= 0.3 is 0 Å². The highest BCUT2D eigenvalue weighted by Gasteiger charge is 2.41. The molecule has 6 nitrogen and oxygen atoms in total. The van der Waals surface area contributed by atoms with Crippen molar-refractivity contribution in [2.45, 2.75) is 92.4 Å². The molecule has 3 aliphatic rings. The van der Waals surface area contributed by atoms with Crippen LogP contribution >= 0.6 is 0 Å². The van der Waals surface area contributed by atoms with E-state index in [0.717, 1.165) is 22.5 Å². The lowest BCUT2D eigenvalue weighted by atomic mass is 9.83. The largest absolute Gasteiger partial charge is 0.260 e. The minimum absolute atomic E-state index is 0.0913. The molecule has 0 amide bonds. The summed E-state index contributed by atoms with van der Waals surface area (Å²) in [5.74, 6) is -0.216. The Morgan fingerprint density at radius 3 is 0.989 bits per heavy atom. The summed E-state index contributed by atoms with van der Waals surface area (Å²) >= 11 is 0. The van der Waals surface area contributed by atoms with Gasteiger partial charge in [-0.15, -0.1) is 0 Å². The lowest BCUT2D eigenvalue weighted by Gasteiger charge is -2.21. The fourth-order valence-electron chi connectivity index (χ4n) is 14.5. The van der Waals surface area contributed by atoms with E-state index in [9.17, 15) is 4.39 Å². The van der Waals surface area contributed by atoms with Crippen LogP contribution in [0, 0.1) is 40.4 Å². The summed E-state index contributed by atoms with van der Waals surface area (Å²) < 4.78 is 19.9. The molecule has 444 valence electrons. The van der Waals surface area contributed by atoms with Crippen LogP contribution in [-0.4, -0.2) is 15.0 Å². The lowest BCUT2D eigenvalue weighted by molar-refractivity contribution is -0.660. The lowest BCUT2D eigenvalue weighted by Crippen LogP contribution is -2.31. The first-order valence-corrected chi connectivity index (χ1v) is 31.3. The van der Waals surface area contributed by atoms with Gasteiger partial charge in [0.1, 0.15) is 27.0 Å². The number of nitrogens with zero attached hydrogens (tertiary/aromatic N) is 6. The fourth-order valence-corrected chi connectivity index (χ4v) is 14.5. The second-order valence-corrected chi connectivity index (χ2v) is 26.6. The Morgan fingerprint density at radius 2 is 0.622 bits per heavy atom. The van der Waals surface area contributed by atoms with Gasteiger partial charge in [0.25, 0.3) is 0 Å². The number of hydrogen-bond donors (Lipinski definition) is 0. The van der Waals surface area contributed by atoms with Crippen LogP contribution in [0.2, 0.25) is 0 Å². The third-order valence-corrected chi connectivity index (χ3v) is 19.5. The van der Waals surface area contributed by atoms with E-state index >= 15 is 0 Å². The first-order chi connectivity index (χ1) is 43.1. The van der Waals surface area contributed by atoms with E-state index in [1.807, 2.05) is 48.9 Å². The van der Waals surface area contributed by atoms with E-state index in [-0.39, 0.29) is 22.1 Å². The highest BCUT2D eigenvalue weighted by atomic mass is 19.1. The molecule has 0 bridgehead atoms. The molecule has 0 saturated carbocycles. The molecular weight excluding hydrogens is 1100 g/mol. The van der Waals surface area contributed by atoms with Gasteiger partial charge in [-0.25, -0.2) is 18.1 Å². The molecule has 0 aliphatic heterocycles. The third kappa shape index (κ3) is 10.1. The Labute approximate surface area is 530 Å². The van der Waals surface area contributed by atoms with Crippen LogP contribution in [0.15, 0.2) is 219 Å². The smallest absolute Gasteiger partial charge is 0.212 e. The Morgan fingerprint density at radius 1 is 0.289 bits per heavy atom. The molecule has 6 aromatic heterocycles. The molecular formula is C83H78FN6+3. The summed E-state index contributed by atoms with van der Waals surface area (Å²) in [6, 6.07) is 63.6. The molecule has 0 atom stereocenters. The van der Waals surface area contributed by atoms with Crippen molar-refractivity contribution in [2.75, 3.05) is 0 Å². The normalized spacial score (nSPS) is 13.8. The second kappa shape index (κ2) is 22.6. The Hall–Kier alpha value is -9.85. The maximum atomic E-state index is 13.3. The second-order valence-electron chi connectivity index (χ2n) is 26.6. The van der Waals surface area contributed by atoms with Crippen molar-refractivity contribution in [3.05, 3.63) is 287 Å². The van der Waals surface area contributed by atoms with Crippen LogP contribution in [0.4, 0.5) is 4.39 Å². The van der Waals surface area contributed by atoms with Crippen molar-refractivity contribution in [1.29, 1.82) is 0 Å². The summed E-state index contributed by atoms with van der Waals surface area (Å²) in [5, 5.41) is 0. The van der Waals surface area contributed by atoms with E-state index in [4.69, 9.17) is 15.0 Å². The number of aromatic nitrogens is 6. The molecule has 3 aliphatic carbocycles. The molecule has 6 aromatic carbocycles. The first-order valence-electron chi connectivity index (χ1n) is 31.3. The molecule has 0 spiro atoms. The Balaban J connectivity index is 0.000000124. The first kappa shape index (κ1) is 59.1. The van der Waals surface area contributed by atoms with Crippen LogP contribution < -0.4 is 13.7 Å². The van der Waals surface area contributed by atoms with Crippen molar-refractivity contribution in [3.63, 3.8) is 0 Å². The Kier molecular flexibility index (Phi) is 14.9. The molecule has 15 rings (SSSR count). The van der Waals surface area contributed by atoms with Gasteiger partial charge in [-0.1, -0.05) is 151 Å². The van der Waals surface area contributed by atoms with E-state index in [2.05, 4.69) is 269 Å². The van der Waals surface area contributed by atoms with Crippen molar-refractivity contribution >= 4 is 0 Å². The van der Waals surface area contributed by atoms with Gasteiger partial charge in [0, 0.05) is 103 Å². The summed E-state index contributed by atoms with van der Waals surface area (Å²) in [7, 11) is 6.36. The summed E-state index contributed by atoms with van der Waals surface area (Å²) in [4.78, 5) is 14.2. The topological polar surface area (TPSA) is 50.3 Å². The molecule has 12 aromatic rings. The SMILES string of the molecule is Cc1cc(-c2cc3c(cc2C)-c2cccnc2C3(C)C)[n+](C)cc1-c1ccccc1.Cc1cc(-c2cc3c(cc2C)-c2cccnc2C3(C)C)[n+](C)cc1-c1ccccc1.Cc1cc2c(cc1-c1ccc(-c3ccc(F)cc3)c[n+]1C)C(C)(C)c1ncccc1-2. The van der Waals surface area contributed by atoms with E-state index < -0.39 is 0 Å². The predicted octanol–water partition coefficient (Wildman–Crippen LogP) is 18.3. The fraction of sp³-hybridized carbons (Fsp3) is 0.205. The van der Waals surface area contributed by atoms with Crippen LogP contribution in [0.3, 0.4) is 0 Å². The minimum atomic E-state index is -0.216. The van der Waals surface area contributed by atoms with Crippen LogP contribution in [0.25, 0.3) is 101 Å². The number of pyridine rings is 6. The highest BCUT2D eigenvalue weighted by molar-refractivity contribution is 5.86. The predicted molar refractivity (Wildman–Crippen MR) is 365 cm³/mol. The van der Waals surface area contributed by atoms with Crippen molar-refractivity contribution in [1.82, 2.24) is 15.0 Å². The molecule has 0 fully saturated rings. The molecule has 0 saturated heterocycles. The quantitative estimate of drug-likeness (QED) is 0.156. The average Bonchev–Trinajstić information content (AvgIpc) is 1.59. The van der Waals surface area contributed by atoms with Gasteiger partial charge in [-0.3, -0.25) is 15.0 Å². The number of hydrogen-bond acceptors (Lipinski definition) is 3.